The van der Waals surface area contributed by atoms with E-state index < -0.39 is 0 Å². The molecule has 0 atom stereocenters. The molecule has 0 bridgehead atoms. The SMILES string of the molecule is CC(C)(OCC=O)C1CCCCC1. The second-order valence-corrected chi connectivity index (χ2v) is 4.42. The minimum absolute atomic E-state index is 0.110. The van der Waals surface area contributed by atoms with Crippen LogP contribution in [0.2, 0.25) is 0 Å². The molecule has 0 unspecified atom stereocenters. The third kappa shape index (κ3) is 3.11. The molecule has 0 aromatic rings. The van der Waals surface area contributed by atoms with Crippen LogP contribution >= 0.6 is 0 Å². The molecule has 0 aromatic carbocycles. The van der Waals surface area contributed by atoms with Crippen molar-refractivity contribution in [2.45, 2.75) is 51.6 Å². The Morgan fingerprint density at radius 3 is 2.46 bits per heavy atom. The number of rotatable bonds is 4. The van der Waals surface area contributed by atoms with E-state index in [1.807, 2.05) is 0 Å². The van der Waals surface area contributed by atoms with Crippen molar-refractivity contribution >= 4 is 6.29 Å². The molecule has 1 fully saturated rings. The number of hydrogen-bond donors (Lipinski definition) is 0. The molecule has 76 valence electrons. The van der Waals surface area contributed by atoms with Crippen molar-refractivity contribution in [1.29, 1.82) is 0 Å². The first-order valence-electron chi connectivity index (χ1n) is 5.24. The van der Waals surface area contributed by atoms with E-state index in [4.69, 9.17) is 4.74 Å². The summed E-state index contributed by atoms with van der Waals surface area (Å²) >= 11 is 0. The van der Waals surface area contributed by atoms with Crippen molar-refractivity contribution in [1.82, 2.24) is 0 Å². The Balaban J connectivity index is 2.40. The van der Waals surface area contributed by atoms with Gasteiger partial charge in [0.05, 0.1) is 5.60 Å². The van der Waals surface area contributed by atoms with Crippen molar-refractivity contribution in [3.8, 4) is 0 Å². The molecule has 2 heteroatoms. The van der Waals surface area contributed by atoms with Crippen LogP contribution in [0.25, 0.3) is 0 Å². The quantitative estimate of drug-likeness (QED) is 0.628. The summed E-state index contributed by atoms with van der Waals surface area (Å²) in [5, 5.41) is 0. The van der Waals surface area contributed by atoms with Gasteiger partial charge in [0.1, 0.15) is 12.9 Å². The number of carbonyl (C=O) groups excluding carboxylic acids is 1. The van der Waals surface area contributed by atoms with E-state index in [1.54, 1.807) is 0 Å². The molecule has 0 amide bonds. The minimum atomic E-state index is -0.110. The predicted molar refractivity (Wildman–Crippen MR) is 52.7 cm³/mol. The van der Waals surface area contributed by atoms with Crippen LogP contribution in [0.4, 0.5) is 0 Å². The zero-order chi connectivity index (χ0) is 9.73. The van der Waals surface area contributed by atoms with E-state index in [0.29, 0.717) is 5.92 Å². The van der Waals surface area contributed by atoms with Crippen molar-refractivity contribution in [2.75, 3.05) is 6.61 Å². The summed E-state index contributed by atoms with van der Waals surface area (Å²) in [5.41, 5.74) is -0.110. The maximum atomic E-state index is 10.2. The molecule has 0 saturated heterocycles. The Kier molecular flexibility index (Phi) is 3.91. The molecule has 0 N–H and O–H groups in total. The molecule has 1 aliphatic rings. The minimum Gasteiger partial charge on any atom is -0.368 e. The highest BCUT2D eigenvalue weighted by Gasteiger charge is 2.30. The van der Waals surface area contributed by atoms with Crippen LogP contribution in [0, 0.1) is 5.92 Å². The van der Waals surface area contributed by atoms with E-state index in [-0.39, 0.29) is 12.2 Å². The lowest BCUT2D eigenvalue weighted by Crippen LogP contribution is -2.36. The molecular formula is C11H20O2. The van der Waals surface area contributed by atoms with Gasteiger partial charge in [-0.3, -0.25) is 0 Å². The first-order valence-corrected chi connectivity index (χ1v) is 5.24. The summed E-state index contributed by atoms with van der Waals surface area (Å²) in [6, 6.07) is 0. The summed E-state index contributed by atoms with van der Waals surface area (Å²) in [4.78, 5) is 10.2. The van der Waals surface area contributed by atoms with Gasteiger partial charge in [-0.25, -0.2) is 0 Å². The summed E-state index contributed by atoms with van der Waals surface area (Å²) in [5.74, 6) is 0.640. The van der Waals surface area contributed by atoms with Gasteiger partial charge >= 0.3 is 0 Å². The Hall–Kier alpha value is -0.370. The molecule has 0 heterocycles. The Labute approximate surface area is 80.7 Å². The maximum Gasteiger partial charge on any atom is 0.145 e. The van der Waals surface area contributed by atoms with Gasteiger partial charge in [0.15, 0.2) is 0 Å². The lowest BCUT2D eigenvalue weighted by Gasteiger charge is -2.36. The lowest BCUT2D eigenvalue weighted by atomic mass is 9.79. The van der Waals surface area contributed by atoms with E-state index in [2.05, 4.69) is 13.8 Å². The predicted octanol–water partition coefficient (Wildman–Crippen LogP) is 2.56. The van der Waals surface area contributed by atoms with Crippen LogP contribution in [0.15, 0.2) is 0 Å². The number of aldehydes is 1. The van der Waals surface area contributed by atoms with E-state index in [9.17, 15) is 4.79 Å². The second kappa shape index (κ2) is 4.75. The summed E-state index contributed by atoms with van der Waals surface area (Å²) in [6.45, 7) is 4.45. The first-order chi connectivity index (χ1) is 6.17. The van der Waals surface area contributed by atoms with Crippen molar-refractivity contribution in [2.24, 2.45) is 5.92 Å². The zero-order valence-corrected chi connectivity index (χ0v) is 8.71. The van der Waals surface area contributed by atoms with Crippen LogP contribution < -0.4 is 0 Å². The molecule has 0 aliphatic heterocycles. The fourth-order valence-corrected chi connectivity index (χ4v) is 2.16. The van der Waals surface area contributed by atoms with Gasteiger partial charge in [0.25, 0.3) is 0 Å². The van der Waals surface area contributed by atoms with Gasteiger partial charge in [0.2, 0.25) is 0 Å². The van der Waals surface area contributed by atoms with Crippen LogP contribution in [-0.4, -0.2) is 18.5 Å². The molecular weight excluding hydrogens is 164 g/mol. The third-order valence-corrected chi connectivity index (χ3v) is 3.11. The van der Waals surface area contributed by atoms with Gasteiger partial charge in [-0.05, 0) is 32.6 Å². The normalized spacial score (nSPS) is 20.2. The van der Waals surface area contributed by atoms with E-state index in [0.717, 1.165) is 6.29 Å². The van der Waals surface area contributed by atoms with Crippen LogP contribution in [-0.2, 0) is 9.53 Å². The third-order valence-electron chi connectivity index (χ3n) is 3.11. The molecule has 0 spiro atoms. The Morgan fingerprint density at radius 1 is 1.31 bits per heavy atom. The molecule has 13 heavy (non-hydrogen) atoms. The summed E-state index contributed by atoms with van der Waals surface area (Å²) < 4.78 is 5.55. The average Bonchev–Trinajstić information content (AvgIpc) is 2.16. The Morgan fingerprint density at radius 2 is 1.92 bits per heavy atom. The lowest BCUT2D eigenvalue weighted by molar-refractivity contribution is -0.122. The van der Waals surface area contributed by atoms with Crippen LogP contribution in [0.1, 0.15) is 46.0 Å². The molecule has 1 aliphatic carbocycles. The number of carbonyl (C=O) groups is 1. The highest BCUT2D eigenvalue weighted by atomic mass is 16.5. The maximum absolute atomic E-state index is 10.2. The molecule has 0 aromatic heterocycles. The van der Waals surface area contributed by atoms with Gasteiger partial charge in [-0.15, -0.1) is 0 Å². The summed E-state index contributed by atoms with van der Waals surface area (Å²) in [7, 11) is 0. The average molecular weight is 184 g/mol. The molecule has 1 saturated carbocycles. The molecule has 1 rings (SSSR count). The van der Waals surface area contributed by atoms with Crippen molar-refractivity contribution in [3.05, 3.63) is 0 Å². The number of hydrogen-bond acceptors (Lipinski definition) is 2. The highest BCUT2D eigenvalue weighted by Crippen LogP contribution is 2.34. The van der Waals surface area contributed by atoms with Crippen molar-refractivity contribution < 1.29 is 9.53 Å². The Bertz CT molecular complexity index is 157. The fraction of sp³-hybridized carbons (Fsp3) is 0.909. The first kappa shape index (κ1) is 10.7. The zero-order valence-electron chi connectivity index (χ0n) is 8.71. The fourth-order valence-electron chi connectivity index (χ4n) is 2.16. The standard InChI is InChI=1S/C11H20O2/c1-11(2,13-9-8-12)10-6-4-3-5-7-10/h8,10H,3-7,9H2,1-2H3. The van der Waals surface area contributed by atoms with Crippen LogP contribution in [0.5, 0.6) is 0 Å². The smallest absolute Gasteiger partial charge is 0.145 e. The highest BCUT2D eigenvalue weighted by molar-refractivity contribution is 5.50. The summed E-state index contributed by atoms with van der Waals surface area (Å²) in [6.07, 6.45) is 7.35. The van der Waals surface area contributed by atoms with Crippen molar-refractivity contribution in [3.63, 3.8) is 0 Å². The largest absolute Gasteiger partial charge is 0.368 e. The molecule has 0 radical (unpaired) electrons. The van der Waals surface area contributed by atoms with Gasteiger partial charge < -0.3 is 9.53 Å². The van der Waals surface area contributed by atoms with Crippen LogP contribution in [0.3, 0.4) is 0 Å². The van der Waals surface area contributed by atoms with Gasteiger partial charge in [-0.1, -0.05) is 19.3 Å². The monoisotopic (exact) mass is 184 g/mol. The van der Waals surface area contributed by atoms with E-state index >= 15 is 0 Å². The van der Waals surface area contributed by atoms with Gasteiger partial charge in [0, 0.05) is 0 Å². The van der Waals surface area contributed by atoms with E-state index in [1.165, 1.54) is 32.1 Å². The number of ether oxygens (including phenoxy) is 1. The molecule has 2 nitrogen and oxygen atoms in total. The topological polar surface area (TPSA) is 26.3 Å². The second-order valence-electron chi connectivity index (χ2n) is 4.42. The van der Waals surface area contributed by atoms with Gasteiger partial charge in [-0.2, -0.15) is 0 Å².